The van der Waals surface area contributed by atoms with E-state index < -0.39 is 0 Å². The van der Waals surface area contributed by atoms with E-state index in [2.05, 4.69) is 4.90 Å². The summed E-state index contributed by atoms with van der Waals surface area (Å²) in [5.74, 6) is 1.65. The number of rotatable bonds is 4. The molecule has 0 spiro atoms. The molecule has 0 N–H and O–H groups in total. The first-order valence-corrected chi connectivity index (χ1v) is 15.1. The first kappa shape index (κ1) is 29.8. The fourth-order valence-electron chi connectivity index (χ4n) is 6.23. The van der Waals surface area contributed by atoms with E-state index in [9.17, 15) is 9.59 Å². The van der Waals surface area contributed by atoms with Crippen molar-refractivity contribution in [2.45, 2.75) is 12.5 Å². The zero-order valence-electron chi connectivity index (χ0n) is 25.3. The summed E-state index contributed by atoms with van der Waals surface area (Å²) in [7, 11) is 3.23. The lowest BCUT2D eigenvalue weighted by Crippen LogP contribution is -2.48. The molecule has 10 heteroatoms. The van der Waals surface area contributed by atoms with Crippen LogP contribution >= 0.6 is 0 Å². The number of para-hydroxylation sites is 1. The van der Waals surface area contributed by atoms with Gasteiger partial charge >= 0.3 is 0 Å². The number of hydrogen-bond acceptors (Lipinski definition) is 8. The van der Waals surface area contributed by atoms with Crippen molar-refractivity contribution in [3.8, 4) is 17.2 Å². The molecule has 1 unspecified atom stereocenters. The minimum Gasteiger partial charge on any atom is -0.493 e. The van der Waals surface area contributed by atoms with Gasteiger partial charge in [0.05, 0.1) is 52.3 Å². The molecule has 7 rings (SSSR count). The third kappa shape index (κ3) is 6.18. The number of amides is 2. The highest BCUT2D eigenvalue weighted by molar-refractivity contribution is 6.01. The molecule has 4 heterocycles. The van der Waals surface area contributed by atoms with Gasteiger partial charge in [-0.25, -0.2) is 0 Å². The SMILES string of the molecule is COc1cc2c(cc1OC)C1c3ccc(cc3)OCCOCCN(C(=O)c3ccccc3N3CCOCC3)CC(=O)N1CC2. The molecular formula is C34H39N3O7. The number of ether oxygens (including phenoxy) is 5. The summed E-state index contributed by atoms with van der Waals surface area (Å²) >= 11 is 0. The molecule has 44 heavy (non-hydrogen) atoms. The van der Waals surface area contributed by atoms with E-state index in [4.69, 9.17) is 23.7 Å². The summed E-state index contributed by atoms with van der Waals surface area (Å²) in [5, 5.41) is 0. The van der Waals surface area contributed by atoms with Crippen LogP contribution in [-0.2, 0) is 20.7 Å². The molecule has 1 atom stereocenters. The Labute approximate surface area is 258 Å². The summed E-state index contributed by atoms with van der Waals surface area (Å²) in [6.45, 7) is 4.33. The summed E-state index contributed by atoms with van der Waals surface area (Å²) in [4.78, 5) is 34.2. The molecule has 1 saturated heterocycles. The minimum absolute atomic E-state index is 0.0760. The maximum atomic E-state index is 14.3. The van der Waals surface area contributed by atoms with Crippen LogP contribution in [0.25, 0.3) is 0 Å². The Morgan fingerprint density at radius 1 is 0.818 bits per heavy atom. The molecule has 232 valence electrons. The van der Waals surface area contributed by atoms with Gasteiger partial charge in [0.1, 0.15) is 18.9 Å². The van der Waals surface area contributed by atoms with Crippen molar-refractivity contribution >= 4 is 17.5 Å². The van der Waals surface area contributed by atoms with Crippen LogP contribution in [0.3, 0.4) is 0 Å². The normalized spacial score (nSPS) is 19.3. The Bertz CT molecular complexity index is 1470. The van der Waals surface area contributed by atoms with E-state index >= 15 is 0 Å². The maximum absolute atomic E-state index is 14.3. The van der Waals surface area contributed by atoms with E-state index in [1.807, 2.05) is 65.6 Å². The fraction of sp³-hybridized carbons (Fsp3) is 0.412. The molecule has 0 aromatic heterocycles. The number of fused-ring (bicyclic) bond motifs is 11. The lowest BCUT2D eigenvalue weighted by Gasteiger charge is -2.39. The second kappa shape index (κ2) is 13.6. The average Bonchev–Trinajstić information content (AvgIpc) is 3.08. The van der Waals surface area contributed by atoms with Crippen molar-refractivity contribution in [1.82, 2.24) is 9.80 Å². The summed E-state index contributed by atoms with van der Waals surface area (Å²) in [6.07, 6.45) is 0.649. The number of methoxy groups -OCH3 is 2. The topological polar surface area (TPSA) is 90.0 Å². The van der Waals surface area contributed by atoms with Crippen molar-refractivity contribution in [3.05, 3.63) is 82.9 Å². The molecular weight excluding hydrogens is 562 g/mol. The first-order valence-electron chi connectivity index (χ1n) is 15.1. The van der Waals surface area contributed by atoms with Crippen LogP contribution in [0.2, 0.25) is 0 Å². The van der Waals surface area contributed by atoms with Gasteiger partial charge in [0.25, 0.3) is 5.91 Å². The second-order valence-corrected chi connectivity index (χ2v) is 11.0. The Kier molecular flexibility index (Phi) is 9.18. The fourth-order valence-corrected chi connectivity index (χ4v) is 6.23. The Hall–Kier alpha value is -4.28. The van der Waals surface area contributed by atoms with Gasteiger partial charge in [-0.2, -0.15) is 0 Å². The molecule has 10 nitrogen and oxygen atoms in total. The van der Waals surface area contributed by atoms with E-state index in [0.717, 1.165) is 28.1 Å². The van der Waals surface area contributed by atoms with Crippen LogP contribution in [0.15, 0.2) is 60.7 Å². The van der Waals surface area contributed by atoms with Gasteiger partial charge in [-0.15, -0.1) is 0 Å². The third-order valence-electron chi connectivity index (χ3n) is 8.49. The molecule has 0 aliphatic carbocycles. The lowest BCUT2D eigenvalue weighted by molar-refractivity contribution is -0.134. The van der Waals surface area contributed by atoms with Gasteiger partial charge in [-0.1, -0.05) is 24.3 Å². The van der Waals surface area contributed by atoms with Crippen LogP contribution in [-0.4, -0.2) is 102 Å². The molecule has 1 fully saturated rings. The largest absolute Gasteiger partial charge is 0.493 e. The predicted octanol–water partition coefficient (Wildman–Crippen LogP) is 3.57. The van der Waals surface area contributed by atoms with Crippen LogP contribution in [0.5, 0.6) is 17.2 Å². The van der Waals surface area contributed by atoms with Crippen LogP contribution < -0.4 is 19.1 Å². The highest BCUT2D eigenvalue weighted by Gasteiger charge is 2.35. The van der Waals surface area contributed by atoms with E-state index in [-0.39, 0.29) is 37.6 Å². The van der Waals surface area contributed by atoms with Crippen molar-refractivity contribution in [2.75, 3.05) is 84.9 Å². The predicted molar refractivity (Wildman–Crippen MR) is 165 cm³/mol. The lowest BCUT2D eigenvalue weighted by atomic mass is 9.87. The first-order chi connectivity index (χ1) is 21.6. The van der Waals surface area contributed by atoms with E-state index in [1.165, 1.54) is 0 Å². The van der Waals surface area contributed by atoms with Gasteiger partial charge < -0.3 is 38.4 Å². The summed E-state index contributed by atoms with van der Waals surface area (Å²) in [6, 6.07) is 19.0. The minimum atomic E-state index is -0.376. The van der Waals surface area contributed by atoms with Crippen LogP contribution in [0.1, 0.15) is 33.1 Å². The number of anilines is 1. The Balaban J connectivity index is 1.36. The highest BCUT2D eigenvalue weighted by Crippen LogP contribution is 2.41. The Morgan fingerprint density at radius 3 is 2.30 bits per heavy atom. The number of hydrogen-bond donors (Lipinski definition) is 0. The van der Waals surface area contributed by atoms with Gasteiger partial charge in [-0.05, 0) is 59.5 Å². The maximum Gasteiger partial charge on any atom is 0.256 e. The molecule has 4 aliphatic rings. The van der Waals surface area contributed by atoms with Gasteiger partial charge in [0.2, 0.25) is 5.91 Å². The van der Waals surface area contributed by atoms with Crippen molar-refractivity contribution < 1.29 is 33.3 Å². The number of benzene rings is 3. The van der Waals surface area contributed by atoms with E-state index in [1.54, 1.807) is 19.1 Å². The number of carbonyl (C=O) groups is 2. The number of morpholine rings is 1. The van der Waals surface area contributed by atoms with Gasteiger partial charge in [0.15, 0.2) is 11.5 Å². The molecule has 3 aromatic carbocycles. The number of nitrogens with zero attached hydrogens (tertiary/aromatic N) is 3. The summed E-state index contributed by atoms with van der Waals surface area (Å²) in [5.41, 5.74) is 4.43. The standard InChI is InChI=1S/C34H39N3O7/c1-40-30-21-25-11-12-37-32(38)23-36(34(39)27-5-3-4-6-29(27)35-13-16-42-17-14-35)15-18-43-19-20-44-26-9-7-24(8-10-26)33(37)28(25)22-31(30)41-2/h3-10,21-22,33H,11-20,23H2,1-2H3. The highest BCUT2D eigenvalue weighted by atomic mass is 16.5. The zero-order chi connectivity index (χ0) is 30.5. The molecule has 0 saturated carbocycles. The molecule has 2 amide bonds. The molecule has 2 bridgehead atoms. The van der Waals surface area contributed by atoms with Crippen LogP contribution in [0, 0.1) is 0 Å². The van der Waals surface area contributed by atoms with Gasteiger partial charge in [0, 0.05) is 31.9 Å². The smallest absolute Gasteiger partial charge is 0.256 e. The third-order valence-corrected chi connectivity index (χ3v) is 8.49. The molecule has 0 radical (unpaired) electrons. The molecule has 4 aliphatic heterocycles. The van der Waals surface area contributed by atoms with Crippen molar-refractivity contribution in [3.63, 3.8) is 0 Å². The van der Waals surface area contributed by atoms with E-state index in [0.29, 0.717) is 69.5 Å². The van der Waals surface area contributed by atoms with Gasteiger partial charge in [-0.3, -0.25) is 9.59 Å². The summed E-state index contributed by atoms with van der Waals surface area (Å²) < 4.78 is 28.5. The van der Waals surface area contributed by atoms with Crippen molar-refractivity contribution in [1.29, 1.82) is 0 Å². The monoisotopic (exact) mass is 601 g/mol. The Morgan fingerprint density at radius 2 is 1.52 bits per heavy atom. The zero-order valence-corrected chi connectivity index (χ0v) is 25.3. The average molecular weight is 602 g/mol. The second-order valence-electron chi connectivity index (χ2n) is 11.0. The quantitative estimate of drug-likeness (QED) is 0.420. The number of carbonyl (C=O) groups excluding carboxylic acids is 2. The van der Waals surface area contributed by atoms with Crippen molar-refractivity contribution in [2.24, 2.45) is 0 Å². The molecule has 3 aromatic rings. The van der Waals surface area contributed by atoms with Crippen LogP contribution in [0.4, 0.5) is 5.69 Å².